The number of fused-ring (bicyclic) bond motifs is 1. The van der Waals surface area contributed by atoms with Crippen LogP contribution in [-0.2, 0) is 26.0 Å². The number of imidazole rings is 1. The first-order valence-electron chi connectivity index (χ1n) is 10.7. The van der Waals surface area contributed by atoms with Crippen LogP contribution in [0, 0.1) is 6.92 Å². The summed E-state index contributed by atoms with van der Waals surface area (Å²) in [7, 11) is -1.38. The van der Waals surface area contributed by atoms with Gasteiger partial charge in [0.1, 0.15) is 5.75 Å². The van der Waals surface area contributed by atoms with Crippen molar-refractivity contribution in [3.05, 3.63) is 47.8 Å². The minimum absolute atomic E-state index is 0. The molecular weight excluding hydrogens is 437 g/mol. The van der Waals surface area contributed by atoms with Crippen molar-refractivity contribution in [2.24, 2.45) is 0 Å². The number of rotatable bonds is 9. The Morgan fingerprint density at radius 3 is 2.72 bits per heavy atom. The molecule has 0 saturated carbocycles. The van der Waals surface area contributed by atoms with Gasteiger partial charge in [0.05, 0.1) is 42.1 Å². The van der Waals surface area contributed by atoms with Crippen molar-refractivity contribution in [3.8, 4) is 5.75 Å². The molecule has 0 aliphatic carbocycles. The smallest absolute Gasteiger partial charge is 0.493 e. The van der Waals surface area contributed by atoms with Gasteiger partial charge in [0.25, 0.3) is 0 Å². The number of para-hydroxylation sites is 2. The Morgan fingerprint density at radius 2 is 1.97 bits per heavy atom. The van der Waals surface area contributed by atoms with Crippen molar-refractivity contribution in [1.29, 1.82) is 0 Å². The minimum Gasteiger partial charge on any atom is -0.493 e. The molecule has 1 saturated heterocycles. The van der Waals surface area contributed by atoms with Gasteiger partial charge < -0.3 is 24.2 Å². The first-order valence-corrected chi connectivity index (χ1v) is 12.1. The number of nitrogens with zero attached hydrogens (tertiary/aromatic N) is 3. The predicted octanol–water partition coefficient (Wildman–Crippen LogP) is 0.909. The summed E-state index contributed by atoms with van der Waals surface area (Å²) in [5, 5.41) is 0.335. The SMILES string of the molecule is CCCC1(CCOc2ccnc(CS(=O)c3nc4ccccc4[n-]3)c2C)OCCCO1.[Na+]. The number of benzene rings is 1. The molecule has 1 aromatic carbocycles. The Balaban J connectivity index is 0.00000289. The summed E-state index contributed by atoms with van der Waals surface area (Å²) in [6.07, 6.45) is 5.12. The normalized spacial score (nSPS) is 16.4. The molecule has 0 radical (unpaired) electrons. The van der Waals surface area contributed by atoms with Crippen LogP contribution < -0.4 is 39.3 Å². The van der Waals surface area contributed by atoms with E-state index in [9.17, 15) is 4.21 Å². The average molecular weight is 466 g/mol. The third kappa shape index (κ3) is 5.98. The summed E-state index contributed by atoms with van der Waals surface area (Å²) in [4.78, 5) is 13.2. The van der Waals surface area contributed by atoms with Gasteiger partial charge in [0.2, 0.25) is 0 Å². The fourth-order valence-corrected chi connectivity index (χ4v) is 4.83. The Bertz CT molecular complexity index is 1010. The molecule has 0 N–H and O–H groups in total. The number of ether oxygens (including phenoxy) is 3. The van der Waals surface area contributed by atoms with Crippen LogP contribution in [0.3, 0.4) is 0 Å². The van der Waals surface area contributed by atoms with Gasteiger partial charge in [-0.1, -0.05) is 37.6 Å². The number of pyridine rings is 1. The molecule has 3 heterocycles. The van der Waals surface area contributed by atoms with Crippen LogP contribution in [0.4, 0.5) is 0 Å². The molecule has 32 heavy (non-hydrogen) atoms. The van der Waals surface area contributed by atoms with Gasteiger partial charge in [-0.25, -0.2) is 0 Å². The van der Waals surface area contributed by atoms with Crippen molar-refractivity contribution in [3.63, 3.8) is 0 Å². The van der Waals surface area contributed by atoms with Crippen molar-refractivity contribution >= 4 is 21.8 Å². The van der Waals surface area contributed by atoms with Crippen molar-refractivity contribution < 1.29 is 48.0 Å². The summed E-state index contributed by atoms with van der Waals surface area (Å²) in [6.45, 7) is 5.99. The van der Waals surface area contributed by atoms with Gasteiger partial charge in [-0.2, -0.15) is 0 Å². The molecule has 1 aliphatic heterocycles. The van der Waals surface area contributed by atoms with Crippen LogP contribution in [0.2, 0.25) is 0 Å². The van der Waals surface area contributed by atoms with E-state index in [2.05, 4.69) is 21.9 Å². The first-order chi connectivity index (χ1) is 15.1. The molecule has 2 aromatic heterocycles. The van der Waals surface area contributed by atoms with Gasteiger partial charge in [0, 0.05) is 29.8 Å². The molecule has 1 aliphatic rings. The van der Waals surface area contributed by atoms with Crippen LogP contribution in [0.25, 0.3) is 11.0 Å². The Kier molecular flexibility index (Phi) is 9.28. The predicted molar refractivity (Wildman–Crippen MR) is 118 cm³/mol. The van der Waals surface area contributed by atoms with Crippen LogP contribution in [0.15, 0.2) is 41.7 Å². The van der Waals surface area contributed by atoms with E-state index in [1.807, 2.05) is 37.3 Å². The van der Waals surface area contributed by atoms with E-state index in [4.69, 9.17) is 14.2 Å². The summed E-state index contributed by atoms with van der Waals surface area (Å²) in [6, 6.07) is 9.36. The Hall–Kier alpha value is -1.29. The molecule has 1 unspecified atom stereocenters. The van der Waals surface area contributed by atoms with Crippen LogP contribution in [-0.4, -0.2) is 39.8 Å². The largest absolute Gasteiger partial charge is 1.00 e. The first kappa shape index (κ1) is 25.3. The van der Waals surface area contributed by atoms with E-state index < -0.39 is 16.6 Å². The minimum atomic E-state index is -1.38. The van der Waals surface area contributed by atoms with E-state index in [1.165, 1.54) is 0 Å². The van der Waals surface area contributed by atoms with Crippen molar-refractivity contribution in [2.45, 2.75) is 56.2 Å². The fraction of sp³-hybridized carbons (Fsp3) is 0.478. The van der Waals surface area contributed by atoms with Gasteiger partial charge in [0.15, 0.2) is 5.79 Å². The molecule has 7 nitrogen and oxygen atoms in total. The van der Waals surface area contributed by atoms with E-state index in [0.29, 0.717) is 18.2 Å². The molecule has 1 fully saturated rings. The number of hydrogen-bond donors (Lipinski definition) is 0. The number of hydrogen-bond acceptors (Lipinski definition) is 6. The molecule has 9 heteroatoms. The van der Waals surface area contributed by atoms with E-state index in [1.54, 1.807) is 6.20 Å². The third-order valence-electron chi connectivity index (χ3n) is 5.43. The summed E-state index contributed by atoms with van der Waals surface area (Å²) in [5.41, 5.74) is 3.10. The summed E-state index contributed by atoms with van der Waals surface area (Å²) >= 11 is 0. The summed E-state index contributed by atoms with van der Waals surface area (Å²) < 4.78 is 30.8. The number of aromatic nitrogens is 3. The molecule has 0 amide bonds. The van der Waals surface area contributed by atoms with E-state index in [-0.39, 0.29) is 35.3 Å². The molecular formula is C23H28N3NaO4S. The maximum Gasteiger partial charge on any atom is 1.00 e. The zero-order chi connectivity index (χ0) is 21.7. The van der Waals surface area contributed by atoms with Crippen LogP contribution >= 0.6 is 0 Å². The van der Waals surface area contributed by atoms with Crippen molar-refractivity contribution in [1.82, 2.24) is 15.0 Å². The van der Waals surface area contributed by atoms with Gasteiger partial charge in [-0.05, 0) is 30.4 Å². The standard InChI is InChI=1S/C23H28N3O4S.Na/c1-3-10-23(29-13-6-14-30-23)11-15-28-21-9-12-24-20(17(21)2)16-31(27)22-25-18-7-4-5-8-19(18)26-22;/h4-5,7-9,12H,3,6,10-11,13-16H2,1-2H3;/q-1;+1. The average Bonchev–Trinajstić information content (AvgIpc) is 3.22. The second-order valence-electron chi connectivity index (χ2n) is 7.68. The fourth-order valence-electron chi connectivity index (χ4n) is 3.76. The topological polar surface area (TPSA) is 84.6 Å². The maximum absolute atomic E-state index is 12.9. The molecule has 4 rings (SSSR count). The second kappa shape index (κ2) is 11.7. The molecule has 0 spiro atoms. The van der Waals surface area contributed by atoms with Crippen LogP contribution in [0.5, 0.6) is 5.75 Å². The van der Waals surface area contributed by atoms with Crippen molar-refractivity contribution in [2.75, 3.05) is 19.8 Å². The molecule has 166 valence electrons. The molecule has 3 aromatic rings. The monoisotopic (exact) mass is 465 g/mol. The van der Waals surface area contributed by atoms with Gasteiger partial charge >= 0.3 is 29.6 Å². The Labute approximate surface area is 213 Å². The third-order valence-corrected chi connectivity index (χ3v) is 6.56. The summed E-state index contributed by atoms with van der Waals surface area (Å²) in [5.74, 6) is 0.429. The van der Waals surface area contributed by atoms with E-state index in [0.717, 1.165) is 60.5 Å². The maximum atomic E-state index is 12.9. The molecule has 0 bridgehead atoms. The van der Waals surface area contributed by atoms with E-state index >= 15 is 0 Å². The van der Waals surface area contributed by atoms with Crippen LogP contribution in [0.1, 0.15) is 43.9 Å². The second-order valence-corrected chi connectivity index (χ2v) is 9.02. The zero-order valence-corrected chi connectivity index (χ0v) is 21.8. The van der Waals surface area contributed by atoms with Gasteiger partial charge in [-0.3, -0.25) is 9.19 Å². The Morgan fingerprint density at radius 1 is 1.19 bits per heavy atom. The van der Waals surface area contributed by atoms with Gasteiger partial charge in [-0.15, -0.1) is 0 Å². The quantitative estimate of drug-likeness (QED) is 0.434. The molecule has 1 atom stereocenters. The zero-order valence-electron chi connectivity index (χ0n) is 19.0.